The highest BCUT2D eigenvalue weighted by Gasteiger charge is 2.01. The molecule has 1 radical (unpaired) electrons. The molecule has 1 aliphatic rings. The predicted molar refractivity (Wildman–Crippen MR) is 35.4 cm³/mol. The van der Waals surface area contributed by atoms with E-state index in [1.54, 1.807) is 6.08 Å². The van der Waals surface area contributed by atoms with Crippen molar-refractivity contribution in [2.45, 2.75) is 19.3 Å². The van der Waals surface area contributed by atoms with E-state index in [4.69, 9.17) is 6.58 Å². The van der Waals surface area contributed by atoms with Crippen LogP contribution in [0.1, 0.15) is 19.3 Å². The Labute approximate surface area is 50.9 Å². The summed E-state index contributed by atoms with van der Waals surface area (Å²) in [6.45, 7) is 5.33. The summed E-state index contributed by atoms with van der Waals surface area (Å²) in [5.74, 6) is 0.559. The van der Waals surface area contributed by atoms with Crippen molar-refractivity contribution in [3.05, 3.63) is 24.8 Å². The van der Waals surface area contributed by atoms with Crippen molar-refractivity contribution in [1.82, 2.24) is 0 Å². The van der Waals surface area contributed by atoms with Crippen LogP contribution in [0.25, 0.3) is 0 Å². The highest BCUT2D eigenvalue weighted by Crippen LogP contribution is 2.16. The van der Waals surface area contributed by atoms with Crippen molar-refractivity contribution in [3.63, 3.8) is 0 Å². The van der Waals surface area contributed by atoms with Gasteiger partial charge >= 0.3 is 0 Å². The van der Waals surface area contributed by atoms with Gasteiger partial charge < -0.3 is 0 Å². The second-order valence-corrected chi connectivity index (χ2v) is 2.22. The standard InChI is InChI=1S/C8H11/c1-2-8-6-4-3-5-7-8/h1-2,4,6,8H,3,5,7H2. The summed E-state index contributed by atoms with van der Waals surface area (Å²) < 4.78 is 0. The normalized spacial score (nSPS) is 27.8. The molecule has 0 amide bonds. The van der Waals surface area contributed by atoms with E-state index in [-0.39, 0.29) is 0 Å². The lowest BCUT2D eigenvalue weighted by atomic mass is 9.96. The highest BCUT2D eigenvalue weighted by atomic mass is 14.1. The molecule has 0 saturated heterocycles. The summed E-state index contributed by atoms with van der Waals surface area (Å²) >= 11 is 0. The van der Waals surface area contributed by atoms with E-state index in [9.17, 15) is 0 Å². The zero-order valence-electron chi connectivity index (χ0n) is 5.01. The van der Waals surface area contributed by atoms with Crippen LogP contribution in [0.15, 0.2) is 18.2 Å². The summed E-state index contributed by atoms with van der Waals surface area (Å²) in [6.07, 6.45) is 9.95. The lowest BCUT2D eigenvalue weighted by molar-refractivity contribution is 0.631. The summed E-state index contributed by atoms with van der Waals surface area (Å²) in [7, 11) is 0. The molecule has 0 aromatic rings. The lowest BCUT2D eigenvalue weighted by Crippen LogP contribution is -1.94. The molecule has 0 bridgehead atoms. The van der Waals surface area contributed by atoms with Crippen LogP contribution in [0, 0.1) is 12.5 Å². The van der Waals surface area contributed by atoms with Crippen LogP contribution in [0.4, 0.5) is 0 Å². The molecule has 0 aromatic heterocycles. The average molecular weight is 107 g/mol. The molecule has 0 N–H and O–H groups in total. The molecule has 1 rings (SSSR count). The van der Waals surface area contributed by atoms with Gasteiger partial charge in [0.05, 0.1) is 0 Å². The first-order chi connectivity index (χ1) is 3.93. The minimum atomic E-state index is 0.559. The molecule has 0 fully saturated rings. The van der Waals surface area contributed by atoms with Crippen LogP contribution >= 0.6 is 0 Å². The minimum absolute atomic E-state index is 0.559. The molecule has 0 aliphatic heterocycles. The maximum Gasteiger partial charge on any atom is -0.00503 e. The molecule has 1 atom stereocenters. The first kappa shape index (κ1) is 5.61. The number of allylic oxidation sites excluding steroid dienone is 3. The van der Waals surface area contributed by atoms with Crippen LogP contribution in [0.5, 0.6) is 0 Å². The fraction of sp³-hybridized carbons (Fsp3) is 0.500. The summed E-state index contributed by atoms with van der Waals surface area (Å²) in [6, 6.07) is 0. The highest BCUT2D eigenvalue weighted by molar-refractivity contribution is 4.99. The van der Waals surface area contributed by atoms with Gasteiger partial charge in [-0.2, -0.15) is 0 Å². The average Bonchev–Trinajstić information content (AvgIpc) is 1.90. The van der Waals surface area contributed by atoms with Gasteiger partial charge in [-0.3, -0.25) is 0 Å². The third-order valence-electron chi connectivity index (χ3n) is 1.54. The van der Waals surface area contributed by atoms with E-state index in [1.807, 2.05) is 0 Å². The van der Waals surface area contributed by atoms with Crippen molar-refractivity contribution >= 4 is 0 Å². The quantitative estimate of drug-likeness (QED) is 0.451. The zero-order chi connectivity index (χ0) is 5.82. The van der Waals surface area contributed by atoms with Crippen molar-refractivity contribution in [3.8, 4) is 0 Å². The molecular weight excluding hydrogens is 96.1 g/mol. The van der Waals surface area contributed by atoms with Gasteiger partial charge in [-0.1, -0.05) is 24.8 Å². The van der Waals surface area contributed by atoms with Gasteiger partial charge in [0.25, 0.3) is 0 Å². The second kappa shape index (κ2) is 2.71. The van der Waals surface area contributed by atoms with Crippen molar-refractivity contribution in [2.24, 2.45) is 5.92 Å². The third kappa shape index (κ3) is 1.22. The van der Waals surface area contributed by atoms with E-state index >= 15 is 0 Å². The van der Waals surface area contributed by atoms with Crippen LogP contribution in [-0.4, -0.2) is 0 Å². The Bertz CT molecular complexity index is 101. The van der Waals surface area contributed by atoms with Crippen LogP contribution in [0.3, 0.4) is 0 Å². The molecule has 0 nitrogen and oxygen atoms in total. The molecule has 0 saturated carbocycles. The topological polar surface area (TPSA) is 0 Å². The summed E-state index contributed by atoms with van der Waals surface area (Å²) in [4.78, 5) is 0. The van der Waals surface area contributed by atoms with E-state index in [2.05, 4.69) is 12.2 Å². The molecule has 1 aliphatic carbocycles. The number of hydrogen-bond acceptors (Lipinski definition) is 0. The molecule has 8 heavy (non-hydrogen) atoms. The van der Waals surface area contributed by atoms with Gasteiger partial charge in [0.2, 0.25) is 0 Å². The summed E-state index contributed by atoms with van der Waals surface area (Å²) in [5.41, 5.74) is 0. The molecular formula is C8H11. The third-order valence-corrected chi connectivity index (χ3v) is 1.54. The Morgan fingerprint density at radius 3 is 2.88 bits per heavy atom. The maximum atomic E-state index is 5.33. The second-order valence-electron chi connectivity index (χ2n) is 2.22. The first-order valence-electron chi connectivity index (χ1n) is 3.15. The monoisotopic (exact) mass is 107 g/mol. The Kier molecular flexibility index (Phi) is 1.90. The number of rotatable bonds is 1. The first-order valence-corrected chi connectivity index (χ1v) is 3.15. The Morgan fingerprint density at radius 1 is 1.62 bits per heavy atom. The smallest absolute Gasteiger partial charge is 0.00503 e. The largest absolute Gasteiger partial charge is 0.0879 e. The Balaban J connectivity index is 2.42. The molecule has 0 heteroatoms. The predicted octanol–water partition coefficient (Wildman–Crippen LogP) is 2.33. The summed E-state index contributed by atoms with van der Waals surface area (Å²) in [5, 5.41) is 0. The van der Waals surface area contributed by atoms with Gasteiger partial charge in [-0.25, -0.2) is 0 Å². The molecule has 1 unspecified atom stereocenters. The van der Waals surface area contributed by atoms with E-state index in [0.29, 0.717) is 5.92 Å². The van der Waals surface area contributed by atoms with Crippen molar-refractivity contribution in [2.75, 3.05) is 0 Å². The van der Waals surface area contributed by atoms with Gasteiger partial charge in [0, 0.05) is 0 Å². The minimum Gasteiger partial charge on any atom is -0.0879 e. The van der Waals surface area contributed by atoms with Gasteiger partial charge in [0.1, 0.15) is 0 Å². The van der Waals surface area contributed by atoms with Crippen LogP contribution in [0.2, 0.25) is 0 Å². The van der Waals surface area contributed by atoms with Gasteiger partial charge in [0.15, 0.2) is 0 Å². The van der Waals surface area contributed by atoms with E-state index < -0.39 is 0 Å². The fourth-order valence-electron chi connectivity index (χ4n) is 0.999. The van der Waals surface area contributed by atoms with Gasteiger partial charge in [-0.05, 0) is 25.2 Å². The maximum absolute atomic E-state index is 5.33. The van der Waals surface area contributed by atoms with E-state index in [1.165, 1.54) is 19.3 Å². The lowest BCUT2D eigenvalue weighted by Gasteiger charge is -2.09. The number of hydrogen-bond donors (Lipinski definition) is 0. The van der Waals surface area contributed by atoms with Crippen molar-refractivity contribution in [1.29, 1.82) is 0 Å². The van der Waals surface area contributed by atoms with Crippen LogP contribution < -0.4 is 0 Å². The molecule has 43 valence electrons. The molecule has 0 heterocycles. The Morgan fingerprint density at radius 2 is 2.50 bits per heavy atom. The van der Waals surface area contributed by atoms with Crippen LogP contribution in [-0.2, 0) is 0 Å². The van der Waals surface area contributed by atoms with E-state index in [0.717, 1.165) is 0 Å². The molecule has 0 spiro atoms. The SMILES string of the molecule is [CH]=CC1C=CCCC1. The molecule has 0 aromatic carbocycles. The van der Waals surface area contributed by atoms with Gasteiger partial charge in [-0.15, -0.1) is 0 Å². The Hall–Kier alpha value is -0.520. The fourth-order valence-corrected chi connectivity index (χ4v) is 0.999. The zero-order valence-corrected chi connectivity index (χ0v) is 5.01. The van der Waals surface area contributed by atoms with Crippen molar-refractivity contribution < 1.29 is 0 Å².